The Morgan fingerprint density at radius 2 is 1.78 bits per heavy atom. The number of benzene rings is 2. The second-order valence-corrected chi connectivity index (χ2v) is 5.77. The lowest BCUT2D eigenvalue weighted by Gasteiger charge is -2.09. The second-order valence-electron chi connectivity index (χ2n) is 4.91. The first kappa shape index (κ1) is 17.3. The highest BCUT2D eigenvalue weighted by Gasteiger charge is 2.11. The molecule has 0 atom stereocenters. The lowest BCUT2D eigenvalue weighted by atomic mass is 10.2. The van der Waals surface area contributed by atoms with Crippen molar-refractivity contribution in [2.45, 2.75) is 19.8 Å². The zero-order valence-electron chi connectivity index (χ0n) is 13.2. The van der Waals surface area contributed by atoms with Crippen LogP contribution in [0.4, 0.5) is 0 Å². The van der Waals surface area contributed by atoms with E-state index in [0.29, 0.717) is 23.7 Å². The number of methoxy groups -OCH3 is 1. The van der Waals surface area contributed by atoms with Gasteiger partial charge >= 0.3 is 5.97 Å². The first-order valence-corrected chi connectivity index (χ1v) is 8.22. The van der Waals surface area contributed by atoms with E-state index in [2.05, 4.69) is 22.9 Å². The number of rotatable bonds is 7. The van der Waals surface area contributed by atoms with E-state index < -0.39 is 5.97 Å². The lowest BCUT2D eigenvalue weighted by molar-refractivity contribution is 0.0734. The number of esters is 1. The zero-order chi connectivity index (χ0) is 16.7. The van der Waals surface area contributed by atoms with Crippen molar-refractivity contribution in [2.24, 2.45) is 0 Å². The Morgan fingerprint density at radius 1 is 1.09 bits per heavy atom. The van der Waals surface area contributed by atoms with E-state index in [1.807, 2.05) is 0 Å². The third-order valence-corrected chi connectivity index (χ3v) is 3.81. The monoisotopic (exact) mass is 378 g/mol. The Labute approximate surface area is 144 Å². The van der Waals surface area contributed by atoms with Crippen molar-refractivity contribution in [3.05, 3.63) is 52.5 Å². The second kappa shape index (κ2) is 8.58. The van der Waals surface area contributed by atoms with Crippen LogP contribution < -0.4 is 14.2 Å². The molecule has 0 heterocycles. The summed E-state index contributed by atoms with van der Waals surface area (Å²) in [6, 6.07) is 12.0. The fourth-order valence-electron chi connectivity index (χ4n) is 1.88. The van der Waals surface area contributed by atoms with Crippen molar-refractivity contribution >= 4 is 21.9 Å². The number of carbonyl (C=O) groups excluding carboxylic acids is 1. The molecule has 0 unspecified atom stereocenters. The van der Waals surface area contributed by atoms with Gasteiger partial charge in [0.1, 0.15) is 17.2 Å². The molecule has 0 saturated carbocycles. The summed E-state index contributed by atoms with van der Waals surface area (Å²) in [5.41, 5.74) is 0.454. The average Bonchev–Trinajstić information content (AvgIpc) is 2.57. The van der Waals surface area contributed by atoms with Crippen molar-refractivity contribution in [1.29, 1.82) is 0 Å². The van der Waals surface area contributed by atoms with Crippen LogP contribution in [-0.4, -0.2) is 19.7 Å². The summed E-state index contributed by atoms with van der Waals surface area (Å²) in [6.45, 7) is 2.77. The predicted molar refractivity (Wildman–Crippen MR) is 92.5 cm³/mol. The van der Waals surface area contributed by atoms with E-state index >= 15 is 0 Å². The van der Waals surface area contributed by atoms with Gasteiger partial charge in [-0.2, -0.15) is 0 Å². The van der Waals surface area contributed by atoms with Gasteiger partial charge in [0.15, 0.2) is 0 Å². The van der Waals surface area contributed by atoms with Crippen molar-refractivity contribution in [1.82, 2.24) is 0 Å². The summed E-state index contributed by atoms with van der Waals surface area (Å²) in [4.78, 5) is 12.2. The molecule has 4 nitrogen and oxygen atoms in total. The number of halogens is 1. The van der Waals surface area contributed by atoms with Crippen LogP contribution in [0.3, 0.4) is 0 Å². The topological polar surface area (TPSA) is 44.8 Å². The van der Waals surface area contributed by atoms with Gasteiger partial charge in [-0.1, -0.05) is 13.3 Å². The van der Waals surface area contributed by atoms with Gasteiger partial charge < -0.3 is 14.2 Å². The molecule has 0 bridgehead atoms. The Balaban J connectivity index is 2.02. The van der Waals surface area contributed by atoms with E-state index in [1.165, 1.54) is 0 Å². The van der Waals surface area contributed by atoms with Gasteiger partial charge in [0.05, 0.1) is 23.8 Å². The minimum atomic E-state index is -0.420. The molecule has 0 aliphatic heterocycles. The maximum atomic E-state index is 12.2. The maximum absolute atomic E-state index is 12.2. The van der Waals surface area contributed by atoms with Crippen molar-refractivity contribution < 1.29 is 19.0 Å². The zero-order valence-corrected chi connectivity index (χ0v) is 14.8. The van der Waals surface area contributed by atoms with E-state index in [9.17, 15) is 4.79 Å². The van der Waals surface area contributed by atoms with Gasteiger partial charge in [-0.25, -0.2) is 4.79 Å². The van der Waals surface area contributed by atoms with Gasteiger partial charge in [0.2, 0.25) is 0 Å². The largest absolute Gasteiger partial charge is 0.497 e. The molecule has 5 heteroatoms. The molecule has 0 amide bonds. The van der Waals surface area contributed by atoms with Gasteiger partial charge in [-0.15, -0.1) is 0 Å². The number of hydrogen-bond acceptors (Lipinski definition) is 4. The summed E-state index contributed by atoms with van der Waals surface area (Å²) < 4.78 is 16.8. The molecule has 2 aromatic carbocycles. The molecule has 0 aromatic heterocycles. The summed E-state index contributed by atoms with van der Waals surface area (Å²) >= 11 is 3.42. The summed E-state index contributed by atoms with van der Waals surface area (Å²) in [7, 11) is 1.59. The molecule has 0 N–H and O–H groups in total. The van der Waals surface area contributed by atoms with Crippen molar-refractivity contribution in [2.75, 3.05) is 13.7 Å². The van der Waals surface area contributed by atoms with Crippen LogP contribution in [0.5, 0.6) is 17.2 Å². The SMILES string of the molecule is CCCCOc1ccc(C(=O)Oc2ccc(OC)cc2)cc1Br. The Kier molecular flexibility index (Phi) is 6.47. The Bertz CT molecular complexity index is 653. The van der Waals surface area contributed by atoms with E-state index in [0.717, 1.165) is 23.1 Å². The number of ether oxygens (including phenoxy) is 3. The molecular weight excluding hydrogens is 360 g/mol. The van der Waals surface area contributed by atoms with E-state index in [-0.39, 0.29) is 0 Å². The first-order valence-electron chi connectivity index (χ1n) is 7.42. The molecule has 0 saturated heterocycles. The van der Waals surface area contributed by atoms with Crippen LogP contribution >= 0.6 is 15.9 Å². The molecule has 0 fully saturated rings. The molecule has 0 spiro atoms. The smallest absolute Gasteiger partial charge is 0.343 e. The van der Waals surface area contributed by atoms with E-state index in [4.69, 9.17) is 14.2 Å². The van der Waals surface area contributed by atoms with Crippen LogP contribution in [0, 0.1) is 0 Å². The molecule has 0 radical (unpaired) electrons. The molecule has 0 aliphatic carbocycles. The fourth-order valence-corrected chi connectivity index (χ4v) is 2.37. The van der Waals surface area contributed by atoms with Crippen LogP contribution in [-0.2, 0) is 0 Å². The minimum Gasteiger partial charge on any atom is -0.497 e. The van der Waals surface area contributed by atoms with Crippen LogP contribution in [0.15, 0.2) is 46.9 Å². The average molecular weight is 379 g/mol. The number of hydrogen-bond donors (Lipinski definition) is 0. The van der Waals surface area contributed by atoms with Crippen LogP contribution in [0.25, 0.3) is 0 Å². The highest BCUT2D eigenvalue weighted by Crippen LogP contribution is 2.27. The van der Waals surface area contributed by atoms with E-state index in [1.54, 1.807) is 49.6 Å². The highest BCUT2D eigenvalue weighted by atomic mass is 79.9. The molecule has 0 aliphatic rings. The predicted octanol–water partition coefficient (Wildman–Crippen LogP) is 4.86. The van der Waals surface area contributed by atoms with Crippen LogP contribution in [0.1, 0.15) is 30.1 Å². The normalized spacial score (nSPS) is 10.2. The fraction of sp³-hybridized carbons (Fsp3) is 0.278. The van der Waals surface area contributed by atoms with Gasteiger partial charge in [0, 0.05) is 0 Å². The summed E-state index contributed by atoms with van der Waals surface area (Å²) in [5.74, 6) is 1.48. The summed E-state index contributed by atoms with van der Waals surface area (Å²) in [5, 5.41) is 0. The quantitative estimate of drug-likeness (QED) is 0.392. The maximum Gasteiger partial charge on any atom is 0.343 e. The molecule has 23 heavy (non-hydrogen) atoms. The highest BCUT2D eigenvalue weighted by molar-refractivity contribution is 9.10. The standard InChI is InChI=1S/C18H19BrO4/c1-3-4-11-22-17-10-5-13(12-16(17)19)18(20)23-15-8-6-14(21-2)7-9-15/h5-10,12H,3-4,11H2,1-2H3. The molecule has 2 rings (SSSR count). The summed E-state index contributed by atoms with van der Waals surface area (Å²) in [6.07, 6.45) is 2.07. The Hall–Kier alpha value is -2.01. The first-order chi connectivity index (χ1) is 11.1. The minimum absolute atomic E-state index is 0.420. The lowest BCUT2D eigenvalue weighted by Crippen LogP contribution is -2.08. The van der Waals surface area contributed by atoms with Crippen molar-refractivity contribution in [3.8, 4) is 17.2 Å². The van der Waals surface area contributed by atoms with Gasteiger partial charge in [-0.05, 0) is 64.8 Å². The third kappa shape index (κ3) is 4.99. The number of carbonyl (C=O) groups is 1. The van der Waals surface area contributed by atoms with Gasteiger partial charge in [0.25, 0.3) is 0 Å². The molecule has 2 aromatic rings. The van der Waals surface area contributed by atoms with Crippen molar-refractivity contribution in [3.63, 3.8) is 0 Å². The van der Waals surface area contributed by atoms with Gasteiger partial charge in [-0.3, -0.25) is 0 Å². The molecule has 122 valence electrons. The third-order valence-electron chi connectivity index (χ3n) is 3.19. The molecular formula is C18H19BrO4. The van der Waals surface area contributed by atoms with Crippen LogP contribution in [0.2, 0.25) is 0 Å². The number of unbranched alkanes of at least 4 members (excludes halogenated alkanes) is 1. The Morgan fingerprint density at radius 3 is 2.39 bits per heavy atom.